The molecule has 0 aliphatic rings. The van der Waals surface area contributed by atoms with Crippen LogP contribution in [0, 0.1) is 11.3 Å². The van der Waals surface area contributed by atoms with E-state index in [4.69, 9.17) is 10.00 Å². The Hall–Kier alpha value is -2.55. The van der Waals surface area contributed by atoms with Crippen molar-refractivity contribution in [1.82, 2.24) is 5.32 Å². The number of aryl methyl sites for hydroxylation is 1. The lowest BCUT2D eigenvalue weighted by molar-refractivity contribution is -0.139. The van der Waals surface area contributed by atoms with Crippen molar-refractivity contribution in [2.75, 3.05) is 0 Å². The Morgan fingerprint density at radius 1 is 1.39 bits per heavy atom. The van der Waals surface area contributed by atoms with Gasteiger partial charge in [-0.3, -0.25) is 0 Å². The molecule has 23 heavy (non-hydrogen) atoms. The minimum Gasteiger partial charge on any atom is -0.480 e. The fourth-order valence-corrected chi connectivity index (χ4v) is 2.01. The van der Waals surface area contributed by atoms with Gasteiger partial charge in [-0.1, -0.05) is 12.1 Å². The predicted molar refractivity (Wildman–Crippen MR) is 84.9 cm³/mol. The number of carboxylic acid groups (broad SMARTS) is 1. The number of amides is 1. The van der Waals surface area contributed by atoms with E-state index in [2.05, 4.69) is 11.4 Å². The fraction of sp³-hybridized carbons (Fsp3) is 0.471. The maximum Gasteiger partial charge on any atom is 0.408 e. The number of rotatable bonds is 6. The maximum absolute atomic E-state index is 11.7. The number of carbonyl (C=O) groups is 2. The molecule has 0 aliphatic heterocycles. The number of carboxylic acids is 1. The molecule has 1 aromatic carbocycles. The van der Waals surface area contributed by atoms with Gasteiger partial charge in [0.05, 0.1) is 11.6 Å². The van der Waals surface area contributed by atoms with Gasteiger partial charge in [-0.2, -0.15) is 5.26 Å². The lowest BCUT2D eigenvalue weighted by Crippen LogP contribution is -2.43. The SMILES string of the molecule is CC(C)(C)OC(=O)NC(CCCc1cccc(C#N)c1)C(=O)O. The van der Waals surface area contributed by atoms with Crippen molar-refractivity contribution in [2.24, 2.45) is 0 Å². The average Bonchev–Trinajstić information content (AvgIpc) is 2.44. The van der Waals surface area contributed by atoms with Crippen molar-refractivity contribution in [1.29, 1.82) is 5.26 Å². The van der Waals surface area contributed by atoms with Crippen molar-refractivity contribution >= 4 is 12.1 Å². The number of carbonyl (C=O) groups excluding carboxylic acids is 1. The molecule has 0 fully saturated rings. The fourth-order valence-electron chi connectivity index (χ4n) is 2.01. The first-order chi connectivity index (χ1) is 10.7. The summed E-state index contributed by atoms with van der Waals surface area (Å²) in [4.78, 5) is 22.9. The molecule has 0 saturated carbocycles. The Morgan fingerprint density at radius 3 is 2.65 bits per heavy atom. The highest BCUT2D eigenvalue weighted by atomic mass is 16.6. The van der Waals surface area contributed by atoms with E-state index in [1.54, 1.807) is 39.0 Å². The van der Waals surface area contributed by atoms with Gasteiger partial charge in [0.1, 0.15) is 11.6 Å². The van der Waals surface area contributed by atoms with Crippen LogP contribution in [0.25, 0.3) is 0 Å². The second-order valence-electron chi connectivity index (χ2n) is 6.24. The molecule has 124 valence electrons. The van der Waals surface area contributed by atoms with E-state index >= 15 is 0 Å². The molecule has 0 bridgehead atoms. The number of benzene rings is 1. The summed E-state index contributed by atoms with van der Waals surface area (Å²) in [5.41, 5.74) is 0.861. The van der Waals surface area contributed by atoms with Gasteiger partial charge in [0, 0.05) is 0 Å². The Bertz CT molecular complexity index is 599. The quantitative estimate of drug-likeness (QED) is 0.840. The molecule has 0 saturated heterocycles. The first-order valence-electron chi connectivity index (χ1n) is 7.42. The maximum atomic E-state index is 11.7. The average molecular weight is 318 g/mol. The van der Waals surface area contributed by atoms with Gasteiger partial charge < -0.3 is 15.2 Å². The highest BCUT2D eigenvalue weighted by molar-refractivity contribution is 5.79. The van der Waals surface area contributed by atoms with Gasteiger partial charge in [0.25, 0.3) is 0 Å². The molecule has 0 aliphatic carbocycles. The first kappa shape index (κ1) is 18.5. The van der Waals surface area contributed by atoms with Gasteiger partial charge in [-0.25, -0.2) is 9.59 Å². The second-order valence-corrected chi connectivity index (χ2v) is 6.24. The summed E-state index contributed by atoms with van der Waals surface area (Å²) < 4.78 is 5.06. The van der Waals surface area contributed by atoms with Crippen LogP contribution in [-0.2, 0) is 16.0 Å². The smallest absolute Gasteiger partial charge is 0.408 e. The van der Waals surface area contributed by atoms with Crippen molar-refractivity contribution in [2.45, 2.75) is 51.7 Å². The summed E-state index contributed by atoms with van der Waals surface area (Å²) in [5, 5.41) is 20.4. The molecule has 0 radical (unpaired) electrons. The second kappa shape index (κ2) is 8.18. The number of ether oxygens (including phenoxy) is 1. The number of nitriles is 1. The molecule has 2 N–H and O–H groups in total. The zero-order valence-electron chi connectivity index (χ0n) is 13.6. The number of nitrogens with one attached hydrogen (secondary N) is 1. The molecule has 1 rings (SSSR count). The summed E-state index contributed by atoms with van der Waals surface area (Å²) in [6.07, 6.45) is 0.749. The Balaban J connectivity index is 2.52. The van der Waals surface area contributed by atoms with Crippen LogP contribution in [0.5, 0.6) is 0 Å². The monoisotopic (exact) mass is 318 g/mol. The molecule has 0 aromatic heterocycles. The van der Waals surface area contributed by atoms with Crippen LogP contribution in [0.4, 0.5) is 4.79 Å². The molecule has 1 atom stereocenters. The number of hydrogen-bond donors (Lipinski definition) is 2. The third-order valence-electron chi connectivity index (χ3n) is 3.00. The third-order valence-corrected chi connectivity index (χ3v) is 3.00. The number of hydrogen-bond acceptors (Lipinski definition) is 4. The van der Waals surface area contributed by atoms with E-state index in [1.165, 1.54) is 0 Å². The van der Waals surface area contributed by atoms with Crippen LogP contribution in [0.2, 0.25) is 0 Å². The van der Waals surface area contributed by atoms with Crippen LogP contribution < -0.4 is 5.32 Å². The normalized spacial score (nSPS) is 12.1. The van der Waals surface area contributed by atoms with Crippen molar-refractivity contribution in [3.63, 3.8) is 0 Å². The van der Waals surface area contributed by atoms with Crippen LogP contribution in [-0.4, -0.2) is 28.8 Å². The molecule has 6 heteroatoms. The Kier molecular flexibility index (Phi) is 6.58. The van der Waals surface area contributed by atoms with Crippen molar-refractivity contribution in [3.05, 3.63) is 35.4 Å². The van der Waals surface area contributed by atoms with Crippen LogP contribution in [0.3, 0.4) is 0 Å². The van der Waals surface area contributed by atoms with E-state index in [0.717, 1.165) is 5.56 Å². The highest BCUT2D eigenvalue weighted by Gasteiger charge is 2.23. The van der Waals surface area contributed by atoms with Gasteiger partial charge >= 0.3 is 12.1 Å². The summed E-state index contributed by atoms with van der Waals surface area (Å²) in [5.74, 6) is -1.10. The molecule has 0 spiro atoms. The molecule has 1 aromatic rings. The summed E-state index contributed by atoms with van der Waals surface area (Å²) in [7, 11) is 0. The summed E-state index contributed by atoms with van der Waals surface area (Å²) in [6, 6.07) is 8.24. The number of aliphatic carboxylic acids is 1. The number of alkyl carbamates (subject to hydrolysis) is 1. The van der Waals surface area contributed by atoms with E-state index < -0.39 is 23.7 Å². The molecular formula is C17H22N2O4. The summed E-state index contributed by atoms with van der Waals surface area (Å²) >= 11 is 0. The lowest BCUT2D eigenvalue weighted by Gasteiger charge is -2.22. The Labute approximate surface area is 136 Å². The Morgan fingerprint density at radius 2 is 2.09 bits per heavy atom. The molecule has 1 unspecified atom stereocenters. The van der Waals surface area contributed by atoms with Crippen molar-refractivity contribution in [3.8, 4) is 6.07 Å². The minimum absolute atomic E-state index is 0.283. The largest absolute Gasteiger partial charge is 0.480 e. The number of nitrogens with zero attached hydrogens (tertiary/aromatic N) is 1. The van der Waals surface area contributed by atoms with Crippen LogP contribution in [0.15, 0.2) is 24.3 Å². The van der Waals surface area contributed by atoms with Gasteiger partial charge in [-0.15, -0.1) is 0 Å². The van der Waals surface area contributed by atoms with Gasteiger partial charge in [-0.05, 0) is 57.7 Å². The first-order valence-corrected chi connectivity index (χ1v) is 7.42. The van der Waals surface area contributed by atoms with Crippen LogP contribution >= 0.6 is 0 Å². The zero-order valence-corrected chi connectivity index (χ0v) is 13.6. The summed E-state index contributed by atoms with van der Waals surface area (Å²) in [6.45, 7) is 5.14. The van der Waals surface area contributed by atoms with Crippen LogP contribution in [0.1, 0.15) is 44.7 Å². The third kappa shape index (κ3) is 7.32. The highest BCUT2D eigenvalue weighted by Crippen LogP contribution is 2.11. The molecular weight excluding hydrogens is 296 g/mol. The van der Waals surface area contributed by atoms with E-state index in [-0.39, 0.29) is 6.42 Å². The minimum atomic E-state index is -1.10. The van der Waals surface area contributed by atoms with E-state index in [1.807, 2.05) is 6.07 Å². The standard InChI is InChI=1S/C17H22N2O4/c1-17(2,3)23-16(22)19-14(15(20)21)9-5-7-12-6-4-8-13(10-12)11-18/h4,6,8,10,14H,5,7,9H2,1-3H3,(H,19,22)(H,20,21). The van der Waals surface area contributed by atoms with Gasteiger partial charge in [0.15, 0.2) is 0 Å². The molecule has 0 heterocycles. The topological polar surface area (TPSA) is 99.4 Å². The zero-order chi connectivity index (χ0) is 17.5. The van der Waals surface area contributed by atoms with E-state index in [9.17, 15) is 14.7 Å². The van der Waals surface area contributed by atoms with Crippen molar-refractivity contribution < 1.29 is 19.4 Å². The van der Waals surface area contributed by atoms with E-state index in [0.29, 0.717) is 18.4 Å². The lowest BCUT2D eigenvalue weighted by atomic mass is 10.0. The van der Waals surface area contributed by atoms with Gasteiger partial charge in [0.2, 0.25) is 0 Å². The molecule has 6 nitrogen and oxygen atoms in total. The molecule has 1 amide bonds. The predicted octanol–water partition coefficient (Wildman–Crippen LogP) is 2.86.